The largest absolute Gasteiger partial charge is 0.309 e. The number of nitrogens with one attached hydrogen (secondary N) is 1. The first-order valence-corrected chi connectivity index (χ1v) is 5.32. The molecule has 1 heterocycles. The van der Waals surface area contributed by atoms with E-state index in [9.17, 15) is 0 Å². The van der Waals surface area contributed by atoms with Crippen LogP contribution in [0, 0.1) is 0 Å². The van der Waals surface area contributed by atoms with Crippen LogP contribution in [0.15, 0.2) is 48.5 Å². The third-order valence-corrected chi connectivity index (χ3v) is 2.96. The van der Waals surface area contributed by atoms with Gasteiger partial charge < -0.3 is 5.32 Å². The Kier molecular flexibility index (Phi) is 2.04. The van der Waals surface area contributed by atoms with Crippen LogP contribution >= 0.6 is 0 Å². The lowest BCUT2D eigenvalue weighted by Gasteiger charge is -2.07. The summed E-state index contributed by atoms with van der Waals surface area (Å²) in [6.45, 7) is 1.93. The van der Waals surface area contributed by atoms with E-state index in [-0.39, 0.29) is 0 Å². The van der Waals surface area contributed by atoms with E-state index >= 15 is 0 Å². The minimum atomic E-state index is 0.963. The number of rotatable bonds is 0. The van der Waals surface area contributed by atoms with Crippen molar-refractivity contribution in [1.82, 2.24) is 5.32 Å². The number of hydrogen-bond donors (Lipinski definition) is 1. The Labute approximate surface area is 89.8 Å². The van der Waals surface area contributed by atoms with Crippen LogP contribution in [0.5, 0.6) is 0 Å². The second-order valence-corrected chi connectivity index (χ2v) is 3.92. The van der Waals surface area contributed by atoms with E-state index in [1.165, 1.54) is 22.3 Å². The fourth-order valence-electron chi connectivity index (χ4n) is 2.21. The number of fused-ring (bicyclic) bond motifs is 3. The Morgan fingerprint density at radius 3 is 1.67 bits per heavy atom. The molecule has 74 valence electrons. The molecule has 1 N–H and O–H groups in total. The van der Waals surface area contributed by atoms with Crippen molar-refractivity contribution in [2.24, 2.45) is 0 Å². The summed E-state index contributed by atoms with van der Waals surface area (Å²) in [6.07, 6.45) is 0. The van der Waals surface area contributed by atoms with Crippen molar-refractivity contribution in [2.45, 2.75) is 13.1 Å². The van der Waals surface area contributed by atoms with Crippen LogP contribution in [0.3, 0.4) is 0 Å². The summed E-state index contributed by atoms with van der Waals surface area (Å²) in [6, 6.07) is 17.3. The zero-order valence-corrected chi connectivity index (χ0v) is 8.53. The Hall–Kier alpha value is -1.60. The van der Waals surface area contributed by atoms with Gasteiger partial charge in [-0.1, -0.05) is 48.5 Å². The Morgan fingerprint density at radius 1 is 0.667 bits per heavy atom. The van der Waals surface area contributed by atoms with Gasteiger partial charge in [-0.25, -0.2) is 0 Å². The second kappa shape index (κ2) is 3.52. The summed E-state index contributed by atoms with van der Waals surface area (Å²) in [4.78, 5) is 0. The first-order valence-electron chi connectivity index (χ1n) is 5.32. The van der Waals surface area contributed by atoms with Crippen LogP contribution in [0.1, 0.15) is 11.1 Å². The van der Waals surface area contributed by atoms with E-state index in [4.69, 9.17) is 0 Å². The highest BCUT2D eigenvalue weighted by atomic mass is 14.9. The number of hydrogen-bond acceptors (Lipinski definition) is 1. The highest BCUT2D eigenvalue weighted by Gasteiger charge is 2.11. The molecule has 2 aromatic carbocycles. The van der Waals surface area contributed by atoms with E-state index in [0.29, 0.717) is 0 Å². The third-order valence-electron chi connectivity index (χ3n) is 2.96. The van der Waals surface area contributed by atoms with Crippen molar-refractivity contribution in [3.8, 4) is 11.1 Å². The standard InChI is InChI=1S/C14H13N/c1-3-7-13-11(5-1)9-15-10-12-6-2-4-8-14(12)13/h1-8,15H,9-10H2. The molecule has 2 aromatic rings. The van der Waals surface area contributed by atoms with E-state index < -0.39 is 0 Å². The van der Waals surface area contributed by atoms with Crippen LogP contribution in [-0.4, -0.2) is 0 Å². The highest BCUT2D eigenvalue weighted by Crippen LogP contribution is 2.29. The lowest BCUT2D eigenvalue weighted by atomic mass is 9.97. The van der Waals surface area contributed by atoms with Crippen molar-refractivity contribution in [2.75, 3.05) is 0 Å². The average Bonchev–Trinajstić information content (AvgIpc) is 2.48. The summed E-state index contributed by atoms with van der Waals surface area (Å²) in [5, 5.41) is 3.46. The molecule has 1 aliphatic rings. The van der Waals surface area contributed by atoms with E-state index in [1.807, 2.05) is 0 Å². The van der Waals surface area contributed by atoms with Gasteiger partial charge in [-0.3, -0.25) is 0 Å². The average molecular weight is 195 g/mol. The fraction of sp³-hybridized carbons (Fsp3) is 0.143. The summed E-state index contributed by atoms with van der Waals surface area (Å²) in [5.74, 6) is 0. The quantitative estimate of drug-likeness (QED) is 0.681. The zero-order valence-electron chi connectivity index (χ0n) is 8.53. The van der Waals surface area contributed by atoms with Crippen LogP contribution in [0.4, 0.5) is 0 Å². The maximum absolute atomic E-state index is 3.46. The Bertz CT molecular complexity index is 443. The molecule has 0 amide bonds. The first kappa shape index (κ1) is 8.69. The maximum Gasteiger partial charge on any atom is 0.0214 e. The lowest BCUT2D eigenvalue weighted by molar-refractivity contribution is 0.703. The van der Waals surface area contributed by atoms with Gasteiger partial charge in [0.25, 0.3) is 0 Å². The van der Waals surface area contributed by atoms with Gasteiger partial charge in [-0.2, -0.15) is 0 Å². The molecular weight excluding hydrogens is 182 g/mol. The second-order valence-electron chi connectivity index (χ2n) is 3.92. The van der Waals surface area contributed by atoms with Crippen LogP contribution in [0.25, 0.3) is 11.1 Å². The minimum absolute atomic E-state index is 0.963. The molecule has 0 bridgehead atoms. The molecule has 0 saturated heterocycles. The molecule has 15 heavy (non-hydrogen) atoms. The van der Waals surface area contributed by atoms with Crippen LogP contribution < -0.4 is 5.32 Å². The molecule has 1 aliphatic heterocycles. The van der Waals surface area contributed by atoms with Gasteiger partial charge in [-0.05, 0) is 22.3 Å². The molecule has 0 atom stereocenters. The molecule has 3 rings (SSSR count). The van der Waals surface area contributed by atoms with Crippen molar-refractivity contribution < 1.29 is 0 Å². The van der Waals surface area contributed by atoms with Gasteiger partial charge in [0.15, 0.2) is 0 Å². The molecule has 0 spiro atoms. The fourth-order valence-corrected chi connectivity index (χ4v) is 2.21. The predicted molar refractivity (Wildman–Crippen MR) is 62.4 cm³/mol. The van der Waals surface area contributed by atoms with Crippen molar-refractivity contribution in [1.29, 1.82) is 0 Å². The van der Waals surface area contributed by atoms with E-state index in [1.54, 1.807) is 0 Å². The van der Waals surface area contributed by atoms with Gasteiger partial charge in [0.1, 0.15) is 0 Å². The zero-order chi connectivity index (χ0) is 10.1. The molecule has 0 saturated carbocycles. The van der Waals surface area contributed by atoms with Crippen molar-refractivity contribution in [3.05, 3.63) is 59.7 Å². The molecule has 0 aromatic heterocycles. The summed E-state index contributed by atoms with van der Waals surface area (Å²) < 4.78 is 0. The Morgan fingerprint density at radius 2 is 1.13 bits per heavy atom. The number of benzene rings is 2. The minimum Gasteiger partial charge on any atom is -0.309 e. The summed E-state index contributed by atoms with van der Waals surface area (Å²) in [7, 11) is 0. The smallest absolute Gasteiger partial charge is 0.0214 e. The molecular formula is C14H13N. The molecule has 0 radical (unpaired) electrons. The first-order chi connectivity index (χ1) is 7.45. The van der Waals surface area contributed by atoms with Gasteiger partial charge in [-0.15, -0.1) is 0 Å². The highest BCUT2D eigenvalue weighted by molar-refractivity contribution is 5.71. The third kappa shape index (κ3) is 1.45. The summed E-state index contributed by atoms with van der Waals surface area (Å²) in [5.41, 5.74) is 5.53. The molecule has 0 aliphatic carbocycles. The topological polar surface area (TPSA) is 12.0 Å². The normalized spacial score (nSPS) is 13.9. The van der Waals surface area contributed by atoms with Gasteiger partial charge in [0.2, 0.25) is 0 Å². The van der Waals surface area contributed by atoms with Gasteiger partial charge >= 0.3 is 0 Å². The van der Waals surface area contributed by atoms with Crippen molar-refractivity contribution >= 4 is 0 Å². The lowest BCUT2D eigenvalue weighted by Crippen LogP contribution is -2.10. The monoisotopic (exact) mass is 195 g/mol. The molecule has 0 fully saturated rings. The van der Waals surface area contributed by atoms with Crippen molar-refractivity contribution in [3.63, 3.8) is 0 Å². The Balaban J connectivity index is 2.27. The van der Waals surface area contributed by atoms with Crippen LogP contribution in [0.2, 0.25) is 0 Å². The molecule has 0 unspecified atom stereocenters. The van der Waals surface area contributed by atoms with E-state index in [2.05, 4.69) is 53.8 Å². The SMILES string of the molecule is c1ccc2c(c1)CNCc1ccccc1-2. The maximum atomic E-state index is 3.46. The predicted octanol–water partition coefficient (Wildman–Crippen LogP) is 2.96. The molecule has 1 heteroatoms. The van der Waals surface area contributed by atoms with Crippen LogP contribution in [-0.2, 0) is 13.1 Å². The van der Waals surface area contributed by atoms with Gasteiger partial charge in [0.05, 0.1) is 0 Å². The summed E-state index contributed by atoms with van der Waals surface area (Å²) >= 11 is 0. The van der Waals surface area contributed by atoms with Gasteiger partial charge in [0, 0.05) is 13.1 Å². The van der Waals surface area contributed by atoms with E-state index in [0.717, 1.165) is 13.1 Å². The molecule has 1 nitrogen and oxygen atoms in total.